The number of benzene rings is 1. The molecule has 1 aliphatic rings. The molecule has 7 nitrogen and oxygen atoms in total. The predicted molar refractivity (Wildman–Crippen MR) is 93.6 cm³/mol. The van der Waals surface area contributed by atoms with Crippen LogP contribution in [0, 0.1) is 6.92 Å². The Morgan fingerprint density at radius 3 is 2.80 bits per heavy atom. The van der Waals surface area contributed by atoms with E-state index >= 15 is 0 Å². The second-order valence-electron chi connectivity index (χ2n) is 5.74. The Labute approximate surface area is 146 Å². The largest absolute Gasteiger partial charge is 0.349 e. The number of carbonyl (C=O) groups is 1. The summed E-state index contributed by atoms with van der Waals surface area (Å²) in [7, 11) is -3.61. The van der Waals surface area contributed by atoms with Crippen LogP contribution in [0.4, 0.5) is 0 Å². The van der Waals surface area contributed by atoms with Crippen molar-refractivity contribution in [2.45, 2.75) is 31.3 Å². The Hall–Kier alpha value is -2.74. The third kappa shape index (κ3) is 3.53. The van der Waals surface area contributed by atoms with Gasteiger partial charge in [0.05, 0.1) is 17.1 Å². The van der Waals surface area contributed by atoms with Crippen molar-refractivity contribution in [1.82, 2.24) is 15.0 Å². The van der Waals surface area contributed by atoms with Gasteiger partial charge in [-0.1, -0.05) is 18.2 Å². The number of hydrogen-bond acceptors (Lipinski definition) is 5. The van der Waals surface area contributed by atoms with Gasteiger partial charge in [-0.15, -0.1) is 0 Å². The van der Waals surface area contributed by atoms with E-state index in [0.29, 0.717) is 12.1 Å². The zero-order valence-corrected chi connectivity index (χ0v) is 14.7. The average Bonchev–Trinajstić information content (AvgIpc) is 2.85. The number of aromatic nitrogens is 1. The van der Waals surface area contributed by atoms with Gasteiger partial charge in [0.1, 0.15) is 11.9 Å². The number of rotatable bonds is 4. The average molecular weight is 358 g/mol. The molecule has 2 aromatic rings. The molecule has 2 heterocycles. The normalized spacial score (nSPS) is 17.6. The first kappa shape index (κ1) is 17.1. The van der Waals surface area contributed by atoms with Crippen LogP contribution in [0.5, 0.6) is 0 Å². The van der Waals surface area contributed by atoms with Crippen LogP contribution in [0.25, 0.3) is 0 Å². The monoisotopic (exact) mass is 358 g/mol. The van der Waals surface area contributed by atoms with E-state index in [1.807, 2.05) is 19.1 Å². The van der Waals surface area contributed by atoms with Crippen molar-refractivity contribution < 1.29 is 13.2 Å². The number of amidine groups is 1. The molecule has 0 radical (unpaired) electrons. The maximum absolute atomic E-state index is 12.3. The molecule has 1 aliphatic heterocycles. The molecule has 2 N–H and O–H groups in total. The van der Waals surface area contributed by atoms with Gasteiger partial charge < -0.3 is 5.32 Å². The quantitative estimate of drug-likeness (QED) is 0.856. The summed E-state index contributed by atoms with van der Waals surface area (Å²) in [5.74, 6) is -0.117. The number of amides is 1. The van der Waals surface area contributed by atoms with Crippen LogP contribution >= 0.6 is 0 Å². The molecular weight excluding hydrogens is 340 g/mol. The zero-order chi connectivity index (χ0) is 18.0. The molecule has 3 rings (SSSR count). The Morgan fingerprint density at radius 2 is 2.04 bits per heavy atom. The van der Waals surface area contributed by atoms with Crippen LogP contribution in [0.3, 0.4) is 0 Å². The molecule has 0 fully saturated rings. The van der Waals surface area contributed by atoms with Gasteiger partial charge in [0.2, 0.25) is 5.91 Å². The van der Waals surface area contributed by atoms with E-state index in [-0.39, 0.29) is 16.6 Å². The number of fused-ring (bicyclic) bond motifs is 1. The molecule has 1 atom stereocenters. The Bertz CT molecular complexity index is 954. The van der Waals surface area contributed by atoms with E-state index in [2.05, 4.69) is 20.0 Å². The fourth-order valence-electron chi connectivity index (χ4n) is 2.50. The molecule has 0 spiro atoms. The minimum Gasteiger partial charge on any atom is -0.349 e. The minimum atomic E-state index is -3.61. The summed E-state index contributed by atoms with van der Waals surface area (Å²) >= 11 is 0. The van der Waals surface area contributed by atoms with Crippen molar-refractivity contribution in [2.75, 3.05) is 0 Å². The van der Waals surface area contributed by atoms with E-state index in [9.17, 15) is 13.2 Å². The van der Waals surface area contributed by atoms with Crippen LogP contribution in [-0.2, 0) is 21.4 Å². The Balaban J connectivity index is 1.74. The summed E-state index contributed by atoms with van der Waals surface area (Å²) in [6.45, 7) is 3.83. The van der Waals surface area contributed by atoms with Gasteiger partial charge in [0.25, 0.3) is 10.0 Å². The first-order valence-electron chi connectivity index (χ1n) is 7.77. The van der Waals surface area contributed by atoms with Crippen molar-refractivity contribution in [2.24, 2.45) is 4.99 Å². The van der Waals surface area contributed by atoms with Gasteiger partial charge in [-0.3, -0.25) is 19.5 Å². The predicted octanol–water partition coefficient (Wildman–Crippen LogP) is 1.13. The van der Waals surface area contributed by atoms with E-state index in [4.69, 9.17) is 0 Å². The molecule has 0 saturated heterocycles. The van der Waals surface area contributed by atoms with Crippen LogP contribution in [0.2, 0.25) is 0 Å². The molecule has 1 aromatic heterocycles. The van der Waals surface area contributed by atoms with Gasteiger partial charge in [-0.2, -0.15) is 0 Å². The number of nitrogens with one attached hydrogen (secondary N) is 2. The van der Waals surface area contributed by atoms with Crippen LogP contribution in [0.15, 0.2) is 52.5 Å². The van der Waals surface area contributed by atoms with Gasteiger partial charge >= 0.3 is 0 Å². The van der Waals surface area contributed by atoms with Gasteiger partial charge in [-0.25, -0.2) is 8.42 Å². The summed E-state index contributed by atoms with van der Waals surface area (Å²) in [5.41, 5.74) is 2.24. The summed E-state index contributed by atoms with van der Waals surface area (Å²) in [5, 5.41) is 2.77. The van der Waals surface area contributed by atoms with E-state index in [1.54, 1.807) is 31.3 Å². The third-order valence-electron chi connectivity index (χ3n) is 3.91. The molecule has 0 unspecified atom stereocenters. The molecule has 1 aromatic carbocycles. The summed E-state index contributed by atoms with van der Waals surface area (Å²) < 4.78 is 26.5. The minimum absolute atomic E-state index is 0.172. The lowest BCUT2D eigenvalue weighted by molar-refractivity contribution is -0.122. The fourth-order valence-corrected chi connectivity index (χ4v) is 3.74. The standard InChI is InChI=1S/C17H18N4O3S/c1-11-6-5-9-18-14(11)10-19-17(22)12(2)20-16-13-7-3-4-8-15(13)25(23,24)21-16/h3-9,12H,10H2,1-2H3,(H,19,22)(H,20,21)/t12-/m0/s1. The number of aliphatic imine (C=N–C) groups is 1. The molecule has 130 valence electrons. The highest BCUT2D eigenvalue weighted by atomic mass is 32.2. The first-order valence-corrected chi connectivity index (χ1v) is 9.25. The van der Waals surface area contributed by atoms with Crippen LogP contribution in [0.1, 0.15) is 23.7 Å². The highest BCUT2D eigenvalue weighted by Crippen LogP contribution is 2.22. The second kappa shape index (κ2) is 6.64. The van der Waals surface area contributed by atoms with Crippen molar-refractivity contribution in [3.05, 3.63) is 59.4 Å². The molecule has 0 bridgehead atoms. The highest BCUT2D eigenvalue weighted by molar-refractivity contribution is 7.90. The summed E-state index contributed by atoms with van der Waals surface area (Å²) in [6, 6.07) is 9.55. The zero-order valence-electron chi connectivity index (χ0n) is 13.9. The van der Waals surface area contributed by atoms with Gasteiger partial charge in [-0.05, 0) is 37.6 Å². The number of aryl methyl sites for hydroxylation is 1. The van der Waals surface area contributed by atoms with E-state index in [0.717, 1.165) is 11.3 Å². The van der Waals surface area contributed by atoms with Crippen molar-refractivity contribution in [3.8, 4) is 0 Å². The SMILES string of the molecule is Cc1cccnc1CNC(=O)[C@H](C)N=C1NS(=O)(=O)c2ccccc21. The van der Waals surface area contributed by atoms with Crippen molar-refractivity contribution in [1.29, 1.82) is 0 Å². The van der Waals surface area contributed by atoms with Crippen LogP contribution in [-0.4, -0.2) is 31.2 Å². The van der Waals surface area contributed by atoms with E-state index < -0.39 is 16.1 Å². The number of nitrogens with zero attached hydrogens (tertiary/aromatic N) is 2. The molecule has 0 aliphatic carbocycles. The van der Waals surface area contributed by atoms with Crippen LogP contribution < -0.4 is 10.0 Å². The molecule has 1 amide bonds. The lowest BCUT2D eigenvalue weighted by Gasteiger charge is -2.10. The van der Waals surface area contributed by atoms with E-state index in [1.165, 1.54) is 6.07 Å². The van der Waals surface area contributed by atoms with Crippen molar-refractivity contribution >= 4 is 21.8 Å². The molecular formula is C17H18N4O3S. The lowest BCUT2D eigenvalue weighted by Crippen LogP contribution is -2.33. The number of hydrogen-bond donors (Lipinski definition) is 2. The molecule has 25 heavy (non-hydrogen) atoms. The number of sulfonamides is 1. The van der Waals surface area contributed by atoms with Crippen molar-refractivity contribution in [3.63, 3.8) is 0 Å². The summed E-state index contributed by atoms with van der Waals surface area (Å²) in [6.07, 6.45) is 1.67. The smallest absolute Gasteiger partial charge is 0.263 e. The number of pyridine rings is 1. The highest BCUT2D eigenvalue weighted by Gasteiger charge is 2.31. The summed E-state index contributed by atoms with van der Waals surface area (Å²) in [4.78, 5) is 20.9. The first-order chi connectivity index (χ1) is 11.9. The lowest BCUT2D eigenvalue weighted by atomic mass is 10.2. The maximum atomic E-state index is 12.3. The fraction of sp³-hybridized carbons (Fsp3) is 0.235. The maximum Gasteiger partial charge on any atom is 0.263 e. The third-order valence-corrected chi connectivity index (χ3v) is 5.31. The molecule has 0 saturated carbocycles. The topological polar surface area (TPSA) is 101 Å². The molecule has 8 heteroatoms. The van der Waals surface area contributed by atoms with Gasteiger partial charge in [0, 0.05) is 11.8 Å². The second-order valence-corrected chi connectivity index (χ2v) is 7.39. The Kier molecular flexibility index (Phi) is 4.54. The Morgan fingerprint density at radius 1 is 1.28 bits per heavy atom. The number of carbonyl (C=O) groups excluding carboxylic acids is 1. The van der Waals surface area contributed by atoms with Gasteiger partial charge in [0.15, 0.2) is 0 Å².